The lowest BCUT2D eigenvalue weighted by molar-refractivity contribution is -0.155. The van der Waals surface area contributed by atoms with E-state index in [-0.39, 0.29) is 15.5 Å². The van der Waals surface area contributed by atoms with Crippen molar-refractivity contribution in [3.8, 4) is 11.3 Å². The molecule has 3 aromatic rings. The predicted octanol–water partition coefficient (Wildman–Crippen LogP) is 4.59. The van der Waals surface area contributed by atoms with Gasteiger partial charge < -0.3 is 9.42 Å². The second-order valence-corrected chi connectivity index (χ2v) is 10.1. The highest BCUT2D eigenvalue weighted by Crippen LogP contribution is 2.35. The van der Waals surface area contributed by atoms with Crippen LogP contribution in [-0.2, 0) is 16.2 Å². The molecule has 2 aromatic heterocycles. The maximum absolute atomic E-state index is 13.0. The molecule has 1 aromatic carbocycles. The van der Waals surface area contributed by atoms with Gasteiger partial charge in [-0.25, -0.2) is 8.42 Å². The first-order chi connectivity index (χ1) is 14.1. The molecular weight excluding hydrogens is 463 g/mol. The zero-order chi connectivity index (χ0) is 21.5. The molecule has 160 valence electrons. The Bertz CT molecular complexity index is 1140. The third-order valence-corrected chi connectivity index (χ3v) is 8.25. The number of thiophene rings is 1. The van der Waals surface area contributed by atoms with Gasteiger partial charge in [-0.1, -0.05) is 16.8 Å². The highest BCUT2D eigenvalue weighted by Gasteiger charge is 2.36. The second-order valence-electron chi connectivity index (χ2n) is 6.60. The number of hydrogen-bond donors (Lipinski definition) is 0. The Hall–Kier alpha value is -2.08. The Balaban J connectivity index is 1.47. The zero-order valence-corrected chi connectivity index (χ0v) is 17.7. The molecule has 4 rings (SSSR count). The molecule has 30 heavy (non-hydrogen) atoms. The van der Waals surface area contributed by atoms with E-state index in [1.54, 1.807) is 12.1 Å². The van der Waals surface area contributed by atoms with E-state index in [1.165, 1.54) is 15.8 Å². The molecule has 1 saturated heterocycles. The molecule has 0 radical (unpaired) electrons. The fourth-order valence-corrected chi connectivity index (χ4v) is 5.97. The normalized spacial score (nSPS) is 16.2. The average Bonchev–Trinajstić information content (AvgIpc) is 3.38. The van der Waals surface area contributed by atoms with Crippen LogP contribution in [0.15, 0.2) is 50.5 Å². The van der Waals surface area contributed by atoms with Gasteiger partial charge >= 0.3 is 6.18 Å². The Morgan fingerprint density at radius 3 is 2.33 bits per heavy atom. The van der Waals surface area contributed by atoms with Gasteiger partial charge in [-0.3, -0.25) is 0 Å². The zero-order valence-electron chi connectivity index (χ0n) is 15.3. The summed E-state index contributed by atoms with van der Waals surface area (Å²) in [5.41, 5.74) is 1.16. The van der Waals surface area contributed by atoms with Crippen LogP contribution in [0.5, 0.6) is 0 Å². The summed E-state index contributed by atoms with van der Waals surface area (Å²) >= 11 is 6.84. The van der Waals surface area contributed by atoms with Crippen LogP contribution in [0.3, 0.4) is 0 Å². The summed E-state index contributed by atoms with van der Waals surface area (Å²) in [5.74, 6) is -1.23. The van der Waals surface area contributed by atoms with Crippen molar-refractivity contribution in [3.63, 3.8) is 0 Å². The van der Waals surface area contributed by atoms with Crippen LogP contribution >= 0.6 is 22.9 Å². The third-order valence-electron chi connectivity index (χ3n) is 4.69. The average molecular weight is 478 g/mol. The number of halogens is 4. The lowest BCUT2D eigenvalue weighted by Gasteiger charge is -2.35. The number of benzene rings is 1. The molecule has 0 bridgehead atoms. The van der Waals surface area contributed by atoms with Gasteiger partial charge in [-0.05, 0) is 30.3 Å². The molecule has 0 aliphatic carbocycles. The lowest BCUT2D eigenvalue weighted by atomic mass is 10.2. The van der Waals surface area contributed by atoms with Gasteiger partial charge in [-0.15, -0.1) is 11.3 Å². The molecule has 12 heteroatoms. The van der Waals surface area contributed by atoms with Crippen LogP contribution in [0.1, 0.15) is 5.76 Å². The number of hydrogen-bond acceptors (Lipinski definition) is 6. The monoisotopic (exact) mass is 477 g/mol. The fourth-order valence-electron chi connectivity index (χ4n) is 3.10. The molecule has 3 heterocycles. The van der Waals surface area contributed by atoms with Gasteiger partial charge in [0.15, 0.2) is 0 Å². The minimum absolute atomic E-state index is 0.0500. The van der Waals surface area contributed by atoms with Gasteiger partial charge in [0.1, 0.15) is 9.90 Å². The van der Waals surface area contributed by atoms with Crippen molar-refractivity contribution < 1.29 is 26.1 Å². The molecular formula is C18H15ClF3N3O3S2. The first kappa shape index (κ1) is 21.2. The maximum atomic E-state index is 13.0. The number of alkyl halides is 3. The van der Waals surface area contributed by atoms with Gasteiger partial charge in [0.2, 0.25) is 5.76 Å². The number of nitrogens with zero attached hydrogens (tertiary/aromatic N) is 3. The van der Waals surface area contributed by atoms with Crippen LogP contribution in [-0.4, -0.2) is 44.1 Å². The molecule has 0 amide bonds. The molecule has 1 aliphatic heterocycles. The Labute approximate surface area is 179 Å². The molecule has 0 spiro atoms. The van der Waals surface area contributed by atoms with Crippen molar-refractivity contribution in [1.29, 1.82) is 0 Å². The topological polar surface area (TPSA) is 66.7 Å². The fraction of sp³-hybridized carbons (Fsp3) is 0.278. The molecule has 0 N–H and O–H groups in total. The molecule has 1 fully saturated rings. The minimum atomic E-state index is -4.65. The van der Waals surface area contributed by atoms with Crippen LogP contribution in [0.2, 0.25) is 5.02 Å². The summed E-state index contributed by atoms with van der Waals surface area (Å²) in [6.45, 7) is 1.61. The summed E-state index contributed by atoms with van der Waals surface area (Å²) in [6.07, 6.45) is -4.65. The van der Waals surface area contributed by atoms with Gasteiger partial charge in [0, 0.05) is 53.9 Å². The summed E-state index contributed by atoms with van der Waals surface area (Å²) in [7, 11) is -3.76. The summed E-state index contributed by atoms with van der Waals surface area (Å²) in [5, 5.41) is 5.48. The standard InChI is InChI=1S/C18H15ClF3N3O3S2/c19-13-1-3-14(4-2-13)24-5-7-25(8-6-24)30(26,27)17-9-12(11-29-17)15-10-16(28-23-15)18(20,21)22/h1-4,9-11H,5-8H2. The summed E-state index contributed by atoms with van der Waals surface area (Å²) in [6, 6.07) is 9.39. The first-order valence-electron chi connectivity index (χ1n) is 8.78. The van der Waals surface area contributed by atoms with Crippen LogP contribution in [0, 0.1) is 0 Å². The van der Waals surface area contributed by atoms with Gasteiger partial charge in [-0.2, -0.15) is 17.5 Å². The highest BCUT2D eigenvalue weighted by atomic mass is 35.5. The van der Waals surface area contributed by atoms with E-state index in [1.807, 2.05) is 12.1 Å². The van der Waals surface area contributed by atoms with Crippen LogP contribution in [0.4, 0.5) is 18.9 Å². The number of anilines is 1. The largest absolute Gasteiger partial charge is 0.452 e. The van der Waals surface area contributed by atoms with Crippen molar-refractivity contribution in [2.45, 2.75) is 10.4 Å². The minimum Gasteiger partial charge on any atom is -0.369 e. The molecule has 6 nitrogen and oxygen atoms in total. The van der Waals surface area contributed by atoms with Crippen molar-refractivity contribution >= 4 is 38.6 Å². The molecule has 0 saturated carbocycles. The van der Waals surface area contributed by atoms with Crippen molar-refractivity contribution in [1.82, 2.24) is 9.46 Å². The van der Waals surface area contributed by atoms with E-state index >= 15 is 0 Å². The Morgan fingerprint density at radius 2 is 1.73 bits per heavy atom. The highest BCUT2D eigenvalue weighted by molar-refractivity contribution is 7.91. The second kappa shape index (κ2) is 7.88. The van der Waals surface area contributed by atoms with E-state index < -0.39 is 22.0 Å². The van der Waals surface area contributed by atoms with Crippen molar-refractivity contribution in [3.05, 3.63) is 52.6 Å². The quantitative estimate of drug-likeness (QED) is 0.550. The van der Waals surface area contributed by atoms with E-state index in [0.717, 1.165) is 23.1 Å². The molecule has 1 aliphatic rings. The van der Waals surface area contributed by atoms with Crippen LogP contribution in [0.25, 0.3) is 11.3 Å². The third kappa shape index (κ3) is 4.20. The Kier molecular flexibility index (Phi) is 5.56. The molecule has 0 unspecified atom stereocenters. The van der Waals surface area contributed by atoms with Crippen LogP contribution < -0.4 is 4.90 Å². The molecule has 0 atom stereocenters. The van der Waals surface area contributed by atoms with E-state index in [2.05, 4.69) is 14.6 Å². The van der Waals surface area contributed by atoms with Crippen molar-refractivity contribution in [2.75, 3.05) is 31.1 Å². The number of aromatic nitrogens is 1. The van der Waals surface area contributed by atoms with Crippen molar-refractivity contribution in [2.24, 2.45) is 0 Å². The number of rotatable bonds is 4. The predicted molar refractivity (Wildman–Crippen MR) is 107 cm³/mol. The van der Waals surface area contributed by atoms with E-state index in [9.17, 15) is 21.6 Å². The SMILES string of the molecule is O=S(=O)(c1cc(-c2cc(C(F)(F)F)on2)cs1)N1CCN(c2ccc(Cl)cc2)CC1. The van der Waals surface area contributed by atoms with Gasteiger partial charge in [0.25, 0.3) is 10.0 Å². The van der Waals surface area contributed by atoms with E-state index in [4.69, 9.17) is 11.6 Å². The summed E-state index contributed by atoms with van der Waals surface area (Å²) in [4.78, 5) is 2.07. The smallest absolute Gasteiger partial charge is 0.369 e. The maximum Gasteiger partial charge on any atom is 0.452 e. The lowest BCUT2D eigenvalue weighted by Crippen LogP contribution is -2.48. The Morgan fingerprint density at radius 1 is 1.07 bits per heavy atom. The van der Waals surface area contributed by atoms with Gasteiger partial charge in [0.05, 0.1) is 0 Å². The first-order valence-corrected chi connectivity index (χ1v) is 11.5. The van der Waals surface area contributed by atoms with E-state index in [0.29, 0.717) is 31.2 Å². The number of sulfonamides is 1. The number of piperazine rings is 1. The summed E-state index contributed by atoms with van der Waals surface area (Å²) < 4.78 is 69.7.